The van der Waals surface area contributed by atoms with E-state index in [2.05, 4.69) is 24.0 Å². The molecule has 0 aliphatic rings. The molecule has 0 amide bonds. The number of rotatable bonds is 3. The molecule has 0 N–H and O–H groups in total. The molecule has 0 saturated heterocycles. The van der Waals surface area contributed by atoms with Crippen molar-refractivity contribution in [2.45, 2.75) is 13.5 Å². The number of fused-ring (bicyclic) bond motifs is 1. The first-order valence-electron chi connectivity index (χ1n) is 5.85. The van der Waals surface area contributed by atoms with Crippen molar-refractivity contribution in [3.63, 3.8) is 0 Å². The highest BCUT2D eigenvalue weighted by atomic mass is 32.1. The van der Waals surface area contributed by atoms with Crippen LogP contribution < -0.4 is 4.74 Å². The summed E-state index contributed by atoms with van der Waals surface area (Å²) in [5.41, 5.74) is 2.25. The van der Waals surface area contributed by atoms with Crippen LogP contribution in [0.5, 0.6) is 5.75 Å². The van der Waals surface area contributed by atoms with E-state index in [1.165, 1.54) is 10.3 Å². The van der Waals surface area contributed by atoms with Crippen LogP contribution in [0.2, 0.25) is 0 Å². The molecule has 0 bridgehead atoms. The third-order valence-corrected chi connectivity index (χ3v) is 3.70. The zero-order valence-electron chi connectivity index (χ0n) is 10.1. The lowest BCUT2D eigenvalue weighted by Crippen LogP contribution is -1.94. The lowest BCUT2D eigenvalue weighted by atomic mass is 10.2. The van der Waals surface area contributed by atoms with E-state index in [0.717, 1.165) is 16.3 Å². The van der Waals surface area contributed by atoms with Crippen LogP contribution in [0.4, 0.5) is 0 Å². The first kappa shape index (κ1) is 11.2. The summed E-state index contributed by atoms with van der Waals surface area (Å²) < 4.78 is 6.96. The summed E-state index contributed by atoms with van der Waals surface area (Å²) in [5.74, 6) is 0.897. The van der Waals surface area contributed by atoms with Crippen molar-refractivity contribution in [3.05, 3.63) is 59.1 Å². The second-order valence-corrected chi connectivity index (χ2v) is 5.30. The molecule has 1 heterocycles. The van der Waals surface area contributed by atoms with E-state index in [1.54, 1.807) is 11.3 Å². The van der Waals surface area contributed by atoms with Gasteiger partial charge in [0.05, 0.1) is 10.2 Å². The van der Waals surface area contributed by atoms with Crippen LogP contribution >= 0.6 is 11.3 Å². The number of hydrogen-bond donors (Lipinski definition) is 0. The van der Waals surface area contributed by atoms with Gasteiger partial charge in [0.25, 0.3) is 0 Å². The maximum Gasteiger partial charge on any atom is 0.140 e. The Morgan fingerprint density at radius 2 is 2.00 bits per heavy atom. The van der Waals surface area contributed by atoms with E-state index in [9.17, 15) is 0 Å². The number of aromatic nitrogens is 1. The number of benzene rings is 2. The van der Waals surface area contributed by atoms with E-state index in [4.69, 9.17) is 4.74 Å². The number of thiazole rings is 1. The molecule has 3 heteroatoms. The van der Waals surface area contributed by atoms with Gasteiger partial charge in [0.15, 0.2) is 0 Å². The average Bonchev–Trinajstić information content (AvgIpc) is 2.79. The van der Waals surface area contributed by atoms with E-state index >= 15 is 0 Å². The number of ether oxygens (including phenoxy) is 1. The van der Waals surface area contributed by atoms with Crippen LogP contribution in [-0.4, -0.2) is 4.98 Å². The molecule has 0 unspecified atom stereocenters. The standard InChI is InChI=1S/C15H13NOS/c1-11-5-4-6-12(9-11)17-10-15-16-13-7-2-3-8-14(13)18-15/h2-9H,10H2,1H3. The first-order valence-corrected chi connectivity index (χ1v) is 6.67. The van der Waals surface area contributed by atoms with Gasteiger partial charge in [-0.2, -0.15) is 0 Å². The van der Waals surface area contributed by atoms with Gasteiger partial charge in [0.2, 0.25) is 0 Å². The zero-order chi connectivity index (χ0) is 12.4. The van der Waals surface area contributed by atoms with Gasteiger partial charge in [-0.1, -0.05) is 24.3 Å². The van der Waals surface area contributed by atoms with Crippen LogP contribution in [0, 0.1) is 6.92 Å². The van der Waals surface area contributed by atoms with Crippen molar-refractivity contribution < 1.29 is 4.74 Å². The molecule has 90 valence electrons. The van der Waals surface area contributed by atoms with Gasteiger partial charge in [-0.15, -0.1) is 11.3 Å². The van der Waals surface area contributed by atoms with Gasteiger partial charge >= 0.3 is 0 Å². The fourth-order valence-electron chi connectivity index (χ4n) is 1.83. The first-order chi connectivity index (χ1) is 8.81. The molecule has 0 aliphatic heterocycles. The predicted octanol–water partition coefficient (Wildman–Crippen LogP) is 4.18. The molecule has 0 saturated carbocycles. The Bertz CT molecular complexity index is 642. The summed E-state index contributed by atoms with van der Waals surface area (Å²) in [6, 6.07) is 16.2. The highest BCUT2D eigenvalue weighted by molar-refractivity contribution is 7.18. The van der Waals surface area contributed by atoms with Crippen LogP contribution in [0.1, 0.15) is 10.6 Å². The molecule has 0 radical (unpaired) electrons. The molecule has 2 aromatic carbocycles. The molecule has 3 rings (SSSR count). The zero-order valence-corrected chi connectivity index (χ0v) is 10.9. The van der Waals surface area contributed by atoms with Crippen molar-refractivity contribution in [1.29, 1.82) is 0 Å². The largest absolute Gasteiger partial charge is 0.486 e. The summed E-state index contributed by atoms with van der Waals surface area (Å²) >= 11 is 1.68. The predicted molar refractivity (Wildman–Crippen MR) is 75.1 cm³/mol. The van der Waals surface area contributed by atoms with Crippen molar-refractivity contribution in [2.24, 2.45) is 0 Å². The van der Waals surface area contributed by atoms with E-state index in [1.807, 2.05) is 36.4 Å². The minimum atomic E-state index is 0.531. The number of hydrogen-bond acceptors (Lipinski definition) is 3. The Labute approximate surface area is 110 Å². The molecule has 2 nitrogen and oxygen atoms in total. The van der Waals surface area contributed by atoms with Crippen LogP contribution in [0.15, 0.2) is 48.5 Å². The van der Waals surface area contributed by atoms with Gasteiger partial charge in [0, 0.05) is 0 Å². The fraction of sp³-hybridized carbons (Fsp3) is 0.133. The Balaban J connectivity index is 1.76. The minimum absolute atomic E-state index is 0.531. The van der Waals surface area contributed by atoms with Crippen LogP contribution in [0.25, 0.3) is 10.2 Å². The molecule has 0 fully saturated rings. The highest BCUT2D eigenvalue weighted by Crippen LogP contribution is 2.23. The molecule has 1 aromatic heterocycles. The van der Waals surface area contributed by atoms with Crippen molar-refractivity contribution in [3.8, 4) is 5.75 Å². The van der Waals surface area contributed by atoms with Gasteiger partial charge in [-0.25, -0.2) is 4.98 Å². The lowest BCUT2D eigenvalue weighted by Gasteiger charge is -2.04. The quantitative estimate of drug-likeness (QED) is 0.700. The summed E-state index contributed by atoms with van der Waals surface area (Å²) in [7, 11) is 0. The number of nitrogens with zero attached hydrogens (tertiary/aromatic N) is 1. The van der Waals surface area contributed by atoms with Gasteiger partial charge in [-0.05, 0) is 36.8 Å². The molecule has 0 spiro atoms. The van der Waals surface area contributed by atoms with Crippen molar-refractivity contribution >= 4 is 21.6 Å². The SMILES string of the molecule is Cc1cccc(OCc2nc3ccccc3s2)c1. The molecular formula is C15H13NOS. The number of aryl methyl sites for hydroxylation is 1. The molecule has 18 heavy (non-hydrogen) atoms. The third-order valence-electron chi connectivity index (χ3n) is 2.69. The fourth-order valence-corrected chi connectivity index (χ4v) is 2.71. The minimum Gasteiger partial charge on any atom is -0.486 e. The van der Waals surface area contributed by atoms with E-state index < -0.39 is 0 Å². The average molecular weight is 255 g/mol. The van der Waals surface area contributed by atoms with Gasteiger partial charge < -0.3 is 4.74 Å². The smallest absolute Gasteiger partial charge is 0.140 e. The molecule has 0 atom stereocenters. The Morgan fingerprint density at radius 1 is 1.11 bits per heavy atom. The molecule has 3 aromatic rings. The van der Waals surface area contributed by atoms with Crippen molar-refractivity contribution in [1.82, 2.24) is 4.98 Å². The maximum atomic E-state index is 5.75. The maximum absolute atomic E-state index is 5.75. The summed E-state index contributed by atoms with van der Waals surface area (Å²) in [5, 5.41) is 1.01. The second kappa shape index (κ2) is 4.78. The van der Waals surface area contributed by atoms with Gasteiger partial charge in [-0.3, -0.25) is 0 Å². The van der Waals surface area contributed by atoms with Gasteiger partial charge in [0.1, 0.15) is 17.4 Å². The van der Waals surface area contributed by atoms with Crippen LogP contribution in [-0.2, 0) is 6.61 Å². The Kier molecular flexibility index (Phi) is 2.99. The summed E-state index contributed by atoms with van der Waals surface area (Å²) in [6.45, 7) is 2.59. The van der Waals surface area contributed by atoms with E-state index in [0.29, 0.717) is 6.61 Å². The summed E-state index contributed by atoms with van der Waals surface area (Å²) in [6.07, 6.45) is 0. The third kappa shape index (κ3) is 2.36. The van der Waals surface area contributed by atoms with Crippen LogP contribution in [0.3, 0.4) is 0 Å². The normalized spacial score (nSPS) is 10.7. The Hall–Kier alpha value is -1.87. The number of para-hydroxylation sites is 1. The topological polar surface area (TPSA) is 22.1 Å². The summed E-state index contributed by atoms with van der Waals surface area (Å²) in [4.78, 5) is 4.54. The van der Waals surface area contributed by atoms with E-state index in [-0.39, 0.29) is 0 Å². The highest BCUT2D eigenvalue weighted by Gasteiger charge is 2.03. The Morgan fingerprint density at radius 3 is 2.83 bits per heavy atom. The molecule has 0 aliphatic carbocycles. The lowest BCUT2D eigenvalue weighted by molar-refractivity contribution is 0.305. The monoisotopic (exact) mass is 255 g/mol. The molecular weight excluding hydrogens is 242 g/mol. The van der Waals surface area contributed by atoms with Crippen molar-refractivity contribution in [2.75, 3.05) is 0 Å². The second-order valence-electron chi connectivity index (χ2n) is 4.18.